The third-order valence-corrected chi connectivity index (χ3v) is 2.78. The Labute approximate surface area is 97.6 Å². The lowest BCUT2D eigenvalue weighted by Gasteiger charge is -2.04. The fourth-order valence-electron chi connectivity index (χ4n) is 1.42. The SMILES string of the molecule is O=C(O)c1cc2ccc(SC(F)(F)F)cc2[nH]1. The Hall–Kier alpha value is -1.63. The molecule has 1 heterocycles. The van der Waals surface area contributed by atoms with Crippen LogP contribution in [0.5, 0.6) is 0 Å². The van der Waals surface area contributed by atoms with Crippen molar-refractivity contribution in [1.29, 1.82) is 0 Å². The number of hydrogen-bond donors (Lipinski definition) is 2. The monoisotopic (exact) mass is 261 g/mol. The number of rotatable bonds is 2. The number of aromatic amines is 1. The number of carbonyl (C=O) groups is 1. The quantitative estimate of drug-likeness (QED) is 0.814. The van der Waals surface area contributed by atoms with Crippen molar-refractivity contribution in [2.75, 3.05) is 0 Å². The van der Waals surface area contributed by atoms with E-state index in [1.165, 1.54) is 24.3 Å². The van der Waals surface area contributed by atoms with Gasteiger partial charge in [0.2, 0.25) is 0 Å². The molecule has 0 amide bonds. The van der Waals surface area contributed by atoms with E-state index in [1.54, 1.807) is 0 Å². The van der Waals surface area contributed by atoms with Crippen LogP contribution in [0.25, 0.3) is 10.9 Å². The van der Waals surface area contributed by atoms with Gasteiger partial charge in [0, 0.05) is 15.8 Å². The van der Waals surface area contributed by atoms with Crippen molar-refractivity contribution < 1.29 is 23.1 Å². The highest BCUT2D eigenvalue weighted by atomic mass is 32.2. The Morgan fingerprint density at radius 3 is 2.59 bits per heavy atom. The van der Waals surface area contributed by atoms with E-state index in [0.717, 1.165) is 0 Å². The smallest absolute Gasteiger partial charge is 0.446 e. The minimum Gasteiger partial charge on any atom is -0.477 e. The molecular formula is C10H6F3NO2S. The fourth-order valence-corrected chi connectivity index (χ4v) is 2.00. The van der Waals surface area contributed by atoms with Gasteiger partial charge in [-0.15, -0.1) is 0 Å². The van der Waals surface area contributed by atoms with Gasteiger partial charge in [-0.05, 0) is 30.0 Å². The van der Waals surface area contributed by atoms with Gasteiger partial charge in [0.25, 0.3) is 0 Å². The lowest BCUT2D eigenvalue weighted by Crippen LogP contribution is -1.98. The number of alkyl halides is 3. The van der Waals surface area contributed by atoms with Crippen LogP contribution in [0.2, 0.25) is 0 Å². The zero-order valence-electron chi connectivity index (χ0n) is 8.21. The van der Waals surface area contributed by atoms with Gasteiger partial charge in [0.1, 0.15) is 5.69 Å². The van der Waals surface area contributed by atoms with Crippen LogP contribution < -0.4 is 0 Å². The van der Waals surface area contributed by atoms with Crippen molar-refractivity contribution in [3.05, 3.63) is 30.0 Å². The van der Waals surface area contributed by atoms with Crippen molar-refractivity contribution in [2.24, 2.45) is 0 Å². The standard InChI is InChI=1S/C10H6F3NO2S/c11-10(12,13)17-6-2-1-5-3-8(9(15)16)14-7(5)4-6/h1-4,14H,(H,15,16). The number of thioether (sulfide) groups is 1. The Morgan fingerprint density at radius 1 is 1.29 bits per heavy atom. The number of carboxylic acids is 1. The van der Waals surface area contributed by atoms with Crippen molar-refractivity contribution in [3.8, 4) is 0 Å². The summed E-state index contributed by atoms with van der Waals surface area (Å²) >= 11 is -0.234. The molecule has 0 fully saturated rings. The molecule has 0 radical (unpaired) electrons. The van der Waals surface area contributed by atoms with Crippen LogP contribution in [0.1, 0.15) is 10.5 Å². The summed E-state index contributed by atoms with van der Waals surface area (Å²) in [5, 5.41) is 9.29. The van der Waals surface area contributed by atoms with E-state index in [4.69, 9.17) is 5.11 Å². The molecule has 2 rings (SSSR count). The Morgan fingerprint density at radius 2 is 2.00 bits per heavy atom. The zero-order valence-corrected chi connectivity index (χ0v) is 9.02. The topological polar surface area (TPSA) is 53.1 Å². The minimum absolute atomic E-state index is 0.0174. The Kier molecular flexibility index (Phi) is 2.78. The van der Waals surface area contributed by atoms with Crippen molar-refractivity contribution in [1.82, 2.24) is 4.98 Å². The van der Waals surface area contributed by atoms with Gasteiger partial charge in [-0.2, -0.15) is 13.2 Å². The molecule has 0 unspecified atom stereocenters. The second-order valence-electron chi connectivity index (χ2n) is 3.29. The van der Waals surface area contributed by atoms with Crippen molar-refractivity contribution >= 4 is 28.6 Å². The molecule has 0 aliphatic carbocycles. The van der Waals surface area contributed by atoms with E-state index in [2.05, 4.69) is 4.98 Å². The molecule has 0 atom stereocenters. The largest absolute Gasteiger partial charge is 0.477 e. The first-order valence-electron chi connectivity index (χ1n) is 4.47. The normalized spacial score (nSPS) is 11.9. The maximum absolute atomic E-state index is 12.1. The van der Waals surface area contributed by atoms with Crippen LogP contribution >= 0.6 is 11.8 Å². The third kappa shape index (κ3) is 2.73. The summed E-state index contributed by atoms with van der Waals surface area (Å²) in [6.07, 6.45) is 0. The molecule has 2 N–H and O–H groups in total. The highest BCUT2D eigenvalue weighted by Crippen LogP contribution is 2.37. The second-order valence-corrected chi connectivity index (χ2v) is 4.42. The minimum atomic E-state index is -4.35. The summed E-state index contributed by atoms with van der Waals surface area (Å²) < 4.78 is 36.4. The molecule has 1 aromatic carbocycles. The first-order chi connectivity index (χ1) is 7.85. The Balaban J connectivity index is 2.40. The first kappa shape index (κ1) is 11.8. The van der Waals surface area contributed by atoms with Gasteiger partial charge >= 0.3 is 11.5 Å². The second kappa shape index (κ2) is 3.99. The summed E-state index contributed by atoms with van der Waals surface area (Å²) in [4.78, 5) is 13.2. The average Bonchev–Trinajstić information content (AvgIpc) is 2.57. The maximum Gasteiger partial charge on any atom is 0.446 e. The number of halogens is 3. The first-order valence-corrected chi connectivity index (χ1v) is 5.28. The highest BCUT2D eigenvalue weighted by molar-refractivity contribution is 8.00. The lowest BCUT2D eigenvalue weighted by atomic mass is 10.2. The van der Waals surface area contributed by atoms with Crippen LogP contribution in [0.15, 0.2) is 29.2 Å². The van der Waals surface area contributed by atoms with Crippen LogP contribution in [0, 0.1) is 0 Å². The van der Waals surface area contributed by atoms with Crippen LogP contribution in [-0.4, -0.2) is 21.6 Å². The summed E-state index contributed by atoms with van der Waals surface area (Å²) in [5.41, 5.74) is -4.03. The van der Waals surface area contributed by atoms with E-state index in [0.29, 0.717) is 10.9 Å². The number of benzene rings is 1. The molecule has 17 heavy (non-hydrogen) atoms. The molecule has 1 aromatic heterocycles. The lowest BCUT2D eigenvalue weighted by molar-refractivity contribution is -0.0328. The number of aromatic carboxylic acids is 1. The van der Waals surface area contributed by atoms with Gasteiger partial charge in [-0.1, -0.05) is 6.07 Å². The summed E-state index contributed by atoms with van der Waals surface area (Å²) in [6.45, 7) is 0. The number of carboxylic acid groups (broad SMARTS) is 1. The van der Waals surface area contributed by atoms with Crippen molar-refractivity contribution in [2.45, 2.75) is 10.4 Å². The van der Waals surface area contributed by atoms with E-state index < -0.39 is 11.5 Å². The van der Waals surface area contributed by atoms with Crippen molar-refractivity contribution in [3.63, 3.8) is 0 Å². The molecule has 3 nitrogen and oxygen atoms in total. The van der Waals surface area contributed by atoms with Gasteiger partial charge in [0.15, 0.2) is 0 Å². The fraction of sp³-hybridized carbons (Fsp3) is 0.100. The molecule has 0 saturated heterocycles. The van der Waals surface area contributed by atoms with Crippen LogP contribution in [0.4, 0.5) is 13.2 Å². The average molecular weight is 261 g/mol. The molecule has 90 valence electrons. The highest BCUT2D eigenvalue weighted by Gasteiger charge is 2.29. The van der Waals surface area contributed by atoms with E-state index in [1.807, 2.05) is 0 Å². The van der Waals surface area contributed by atoms with Crippen LogP contribution in [0.3, 0.4) is 0 Å². The molecule has 7 heteroatoms. The number of nitrogens with one attached hydrogen (secondary N) is 1. The van der Waals surface area contributed by atoms with Crippen LogP contribution in [-0.2, 0) is 0 Å². The molecule has 2 aromatic rings. The summed E-state index contributed by atoms with van der Waals surface area (Å²) in [7, 11) is 0. The third-order valence-electron chi connectivity index (χ3n) is 2.06. The molecular weight excluding hydrogens is 255 g/mol. The van der Waals surface area contributed by atoms with Gasteiger partial charge in [-0.25, -0.2) is 4.79 Å². The predicted molar refractivity (Wildman–Crippen MR) is 57.2 cm³/mol. The van der Waals surface area contributed by atoms with Gasteiger partial charge in [0.05, 0.1) is 0 Å². The number of hydrogen-bond acceptors (Lipinski definition) is 2. The van der Waals surface area contributed by atoms with Gasteiger partial charge < -0.3 is 10.1 Å². The zero-order chi connectivity index (χ0) is 12.6. The predicted octanol–water partition coefficient (Wildman–Crippen LogP) is 3.48. The van der Waals surface area contributed by atoms with E-state index in [-0.39, 0.29) is 22.4 Å². The van der Waals surface area contributed by atoms with E-state index >= 15 is 0 Å². The van der Waals surface area contributed by atoms with E-state index in [9.17, 15) is 18.0 Å². The Bertz CT molecular complexity index is 576. The number of aromatic nitrogens is 1. The number of fused-ring (bicyclic) bond motifs is 1. The number of H-pyrrole nitrogens is 1. The molecule has 0 spiro atoms. The summed E-state index contributed by atoms with van der Waals surface area (Å²) in [6, 6.07) is 5.41. The molecule has 0 aliphatic rings. The molecule has 0 aliphatic heterocycles. The summed E-state index contributed by atoms with van der Waals surface area (Å²) in [5.74, 6) is -1.15. The van der Waals surface area contributed by atoms with Gasteiger partial charge in [-0.3, -0.25) is 0 Å². The molecule has 0 bridgehead atoms. The maximum atomic E-state index is 12.1. The molecule has 0 saturated carbocycles.